The molecule has 0 saturated carbocycles. The van der Waals surface area contributed by atoms with Gasteiger partial charge >= 0.3 is 0 Å². The monoisotopic (exact) mass is 322 g/mol. The highest BCUT2D eigenvalue weighted by atomic mass is 35.5. The second-order valence-corrected chi connectivity index (χ2v) is 5.58. The van der Waals surface area contributed by atoms with Crippen LogP contribution in [0.25, 0.3) is 10.8 Å². The zero-order valence-corrected chi connectivity index (χ0v) is 12.3. The first-order chi connectivity index (χ1) is 10.1. The van der Waals surface area contributed by atoms with E-state index in [9.17, 15) is 8.78 Å². The largest absolute Gasteiger partial charge is 0.207 e. The summed E-state index contributed by atoms with van der Waals surface area (Å²) in [6.07, 6.45) is 0. The summed E-state index contributed by atoms with van der Waals surface area (Å²) >= 11 is 12.2. The van der Waals surface area contributed by atoms with Gasteiger partial charge in [-0.2, -0.15) is 0 Å². The van der Waals surface area contributed by atoms with Gasteiger partial charge < -0.3 is 0 Å². The normalized spacial score (nSPS) is 12.6. The maximum absolute atomic E-state index is 14.0. The lowest BCUT2D eigenvalue weighted by Crippen LogP contribution is -1.99. The van der Waals surface area contributed by atoms with E-state index in [1.807, 2.05) is 0 Å². The third-order valence-corrected chi connectivity index (χ3v) is 4.12. The van der Waals surface area contributed by atoms with Crippen molar-refractivity contribution in [3.8, 4) is 0 Å². The molecule has 1 atom stereocenters. The predicted octanol–water partition coefficient (Wildman–Crippen LogP) is 6.10. The second kappa shape index (κ2) is 5.63. The van der Waals surface area contributed by atoms with Crippen molar-refractivity contribution in [2.24, 2.45) is 0 Å². The minimum atomic E-state index is -0.715. The lowest BCUT2D eigenvalue weighted by molar-refractivity contribution is 0.612. The molecule has 0 bridgehead atoms. The summed E-state index contributed by atoms with van der Waals surface area (Å²) in [4.78, 5) is 0. The molecular weight excluding hydrogens is 313 g/mol. The van der Waals surface area contributed by atoms with Crippen LogP contribution in [0.3, 0.4) is 0 Å². The van der Waals surface area contributed by atoms with Gasteiger partial charge in [0.05, 0.1) is 5.38 Å². The fourth-order valence-corrected chi connectivity index (χ4v) is 2.91. The van der Waals surface area contributed by atoms with Crippen LogP contribution in [-0.2, 0) is 0 Å². The highest BCUT2D eigenvalue weighted by molar-refractivity contribution is 6.30. The van der Waals surface area contributed by atoms with E-state index in [1.54, 1.807) is 42.5 Å². The quantitative estimate of drug-likeness (QED) is 0.500. The minimum absolute atomic E-state index is 0.309. The Balaban J connectivity index is 2.18. The van der Waals surface area contributed by atoms with Gasteiger partial charge in [-0.05, 0) is 29.1 Å². The Labute approximate surface area is 130 Å². The molecule has 3 rings (SSSR count). The Morgan fingerprint density at radius 2 is 1.43 bits per heavy atom. The fourth-order valence-electron chi connectivity index (χ4n) is 2.38. The van der Waals surface area contributed by atoms with Crippen LogP contribution >= 0.6 is 23.2 Å². The van der Waals surface area contributed by atoms with Crippen molar-refractivity contribution in [1.29, 1.82) is 0 Å². The van der Waals surface area contributed by atoms with E-state index in [-0.39, 0.29) is 5.82 Å². The van der Waals surface area contributed by atoms with Crippen molar-refractivity contribution >= 4 is 34.0 Å². The van der Waals surface area contributed by atoms with E-state index in [0.29, 0.717) is 26.9 Å². The second-order valence-electron chi connectivity index (χ2n) is 4.71. The van der Waals surface area contributed by atoms with E-state index in [2.05, 4.69) is 0 Å². The van der Waals surface area contributed by atoms with Crippen LogP contribution in [0, 0.1) is 11.6 Å². The molecule has 0 aromatic heterocycles. The highest BCUT2D eigenvalue weighted by Crippen LogP contribution is 2.36. The van der Waals surface area contributed by atoms with E-state index >= 15 is 0 Å². The number of alkyl halides is 1. The average molecular weight is 323 g/mol. The van der Waals surface area contributed by atoms with Gasteiger partial charge in [0.25, 0.3) is 0 Å². The SMILES string of the molecule is Fc1cc(Cl)ccc1C(Cl)c1ccc(F)c2ccccc12. The van der Waals surface area contributed by atoms with Crippen molar-refractivity contribution in [3.05, 3.63) is 82.4 Å². The summed E-state index contributed by atoms with van der Waals surface area (Å²) in [5.41, 5.74) is 0.979. The van der Waals surface area contributed by atoms with E-state index in [1.165, 1.54) is 12.1 Å². The average Bonchev–Trinajstić information content (AvgIpc) is 2.47. The van der Waals surface area contributed by atoms with Gasteiger partial charge in [-0.3, -0.25) is 0 Å². The topological polar surface area (TPSA) is 0 Å². The zero-order valence-electron chi connectivity index (χ0n) is 10.8. The Morgan fingerprint density at radius 3 is 2.14 bits per heavy atom. The lowest BCUT2D eigenvalue weighted by atomic mass is 9.97. The molecule has 4 heteroatoms. The van der Waals surface area contributed by atoms with Gasteiger partial charge in [-0.15, -0.1) is 11.6 Å². The van der Waals surface area contributed by atoms with Crippen molar-refractivity contribution in [3.63, 3.8) is 0 Å². The summed E-state index contributed by atoms with van der Waals surface area (Å²) in [6, 6.07) is 14.3. The van der Waals surface area contributed by atoms with Crippen LogP contribution in [0.1, 0.15) is 16.5 Å². The van der Waals surface area contributed by atoms with Crippen LogP contribution in [0.4, 0.5) is 8.78 Å². The summed E-state index contributed by atoms with van der Waals surface area (Å²) in [5, 5.41) is 0.735. The Kier molecular flexibility index (Phi) is 3.83. The number of hydrogen-bond acceptors (Lipinski definition) is 0. The van der Waals surface area contributed by atoms with Gasteiger partial charge in [-0.1, -0.05) is 48.0 Å². The first kappa shape index (κ1) is 14.3. The molecular formula is C17H10Cl2F2. The van der Waals surface area contributed by atoms with E-state index in [4.69, 9.17) is 23.2 Å². The van der Waals surface area contributed by atoms with Gasteiger partial charge in [0.1, 0.15) is 11.6 Å². The molecule has 106 valence electrons. The molecule has 0 N–H and O–H groups in total. The van der Waals surface area contributed by atoms with Crippen molar-refractivity contribution in [2.45, 2.75) is 5.38 Å². The maximum atomic E-state index is 14.0. The summed E-state index contributed by atoms with van der Waals surface area (Å²) in [5.74, 6) is -0.800. The summed E-state index contributed by atoms with van der Waals surface area (Å²) < 4.78 is 27.9. The first-order valence-corrected chi connectivity index (χ1v) is 7.15. The van der Waals surface area contributed by atoms with Gasteiger partial charge in [0, 0.05) is 16.0 Å². The molecule has 0 saturated heterocycles. The lowest BCUT2D eigenvalue weighted by Gasteiger charge is -2.14. The van der Waals surface area contributed by atoms with Crippen LogP contribution in [-0.4, -0.2) is 0 Å². The van der Waals surface area contributed by atoms with Gasteiger partial charge in [-0.25, -0.2) is 8.78 Å². The molecule has 1 unspecified atom stereocenters. The number of benzene rings is 3. The third kappa shape index (κ3) is 2.61. The molecule has 3 aromatic rings. The van der Waals surface area contributed by atoms with Crippen molar-refractivity contribution in [2.75, 3.05) is 0 Å². The van der Waals surface area contributed by atoms with Crippen LogP contribution < -0.4 is 0 Å². The molecule has 0 aliphatic carbocycles. The van der Waals surface area contributed by atoms with Crippen LogP contribution in [0.5, 0.6) is 0 Å². The standard InChI is InChI=1S/C17H10Cl2F2/c18-10-5-6-14(16(21)9-10)17(19)13-7-8-15(20)12-4-2-1-3-11(12)13/h1-9,17H. The number of rotatable bonds is 2. The molecule has 0 spiro atoms. The molecule has 0 aliphatic rings. The number of hydrogen-bond donors (Lipinski definition) is 0. The zero-order chi connectivity index (χ0) is 15.0. The number of halogens is 4. The molecule has 0 amide bonds. The van der Waals surface area contributed by atoms with Crippen LogP contribution in [0.2, 0.25) is 5.02 Å². The first-order valence-electron chi connectivity index (χ1n) is 6.34. The maximum Gasteiger partial charge on any atom is 0.131 e. The fraction of sp³-hybridized carbons (Fsp3) is 0.0588. The smallest absolute Gasteiger partial charge is 0.131 e. The Bertz CT molecular complexity index is 815. The summed E-state index contributed by atoms with van der Waals surface area (Å²) in [7, 11) is 0. The summed E-state index contributed by atoms with van der Waals surface area (Å²) in [6.45, 7) is 0. The van der Waals surface area contributed by atoms with E-state index < -0.39 is 11.2 Å². The molecule has 0 heterocycles. The molecule has 3 aromatic carbocycles. The van der Waals surface area contributed by atoms with Crippen molar-refractivity contribution < 1.29 is 8.78 Å². The van der Waals surface area contributed by atoms with Gasteiger partial charge in [0.2, 0.25) is 0 Å². The molecule has 0 aliphatic heterocycles. The molecule has 0 nitrogen and oxygen atoms in total. The highest BCUT2D eigenvalue weighted by Gasteiger charge is 2.18. The van der Waals surface area contributed by atoms with Gasteiger partial charge in [0.15, 0.2) is 0 Å². The molecule has 0 fully saturated rings. The van der Waals surface area contributed by atoms with Crippen molar-refractivity contribution in [1.82, 2.24) is 0 Å². The van der Waals surface area contributed by atoms with E-state index in [0.717, 1.165) is 0 Å². The Morgan fingerprint density at radius 1 is 0.762 bits per heavy atom. The third-order valence-electron chi connectivity index (χ3n) is 3.41. The minimum Gasteiger partial charge on any atom is -0.207 e. The predicted molar refractivity (Wildman–Crippen MR) is 83.0 cm³/mol. The molecule has 0 radical (unpaired) electrons. The van der Waals surface area contributed by atoms with Crippen LogP contribution in [0.15, 0.2) is 54.6 Å². The Hall–Kier alpha value is -1.64. The number of fused-ring (bicyclic) bond motifs is 1. The molecule has 21 heavy (non-hydrogen) atoms.